The molecule has 2 aliphatic carbocycles. The highest BCUT2D eigenvalue weighted by molar-refractivity contribution is 5.83. The van der Waals surface area contributed by atoms with E-state index in [1.165, 1.54) is 12.8 Å². The third kappa shape index (κ3) is 3.42. The van der Waals surface area contributed by atoms with E-state index in [0.717, 1.165) is 38.4 Å². The van der Waals surface area contributed by atoms with Crippen LogP contribution in [0.4, 0.5) is 4.79 Å². The molecule has 2 N–H and O–H groups in total. The van der Waals surface area contributed by atoms with Crippen molar-refractivity contribution < 1.29 is 14.7 Å². The molecule has 0 aromatic rings. The number of carboxylic acid groups (broad SMARTS) is 1. The minimum absolute atomic E-state index is 0.132. The van der Waals surface area contributed by atoms with E-state index in [1.54, 1.807) is 4.90 Å². The first-order chi connectivity index (χ1) is 9.63. The van der Waals surface area contributed by atoms with Crippen LogP contribution in [-0.4, -0.2) is 65.7 Å². The number of aliphatic carboxylic acids is 1. The summed E-state index contributed by atoms with van der Waals surface area (Å²) >= 11 is 0. The molecule has 1 aliphatic heterocycles. The first kappa shape index (κ1) is 13.7. The fourth-order valence-corrected chi connectivity index (χ4v) is 2.83. The van der Waals surface area contributed by atoms with Crippen molar-refractivity contribution in [2.45, 2.75) is 31.7 Å². The second-order valence-electron chi connectivity index (χ2n) is 6.33. The Hall–Kier alpha value is -1.30. The SMILES string of the molecule is O=C(O)C(NC(=O)N1CCN(CC2CC2)CC1)C1CC1. The van der Waals surface area contributed by atoms with E-state index >= 15 is 0 Å². The number of urea groups is 1. The van der Waals surface area contributed by atoms with Gasteiger partial charge in [-0.15, -0.1) is 0 Å². The Morgan fingerprint density at radius 2 is 1.75 bits per heavy atom. The van der Waals surface area contributed by atoms with Crippen LogP contribution in [0.1, 0.15) is 25.7 Å². The Labute approximate surface area is 119 Å². The molecule has 1 saturated heterocycles. The molecule has 0 radical (unpaired) electrons. The molecule has 0 spiro atoms. The molecule has 2 amide bonds. The molecule has 112 valence electrons. The van der Waals surface area contributed by atoms with Gasteiger partial charge in [-0.1, -0.05) is 0 Å². The van der Waals surface area contributed by atoms with Crippen LogP contribution < -0.4 is 5.32 Å². The lowest BCUT2D eigenvalue weighted by Gasteiger charge is -2.35. The number of amides is 2. The number of nitrogens with one attached hydrogen (secondary N) is 1. The summed E-state index contributed by atoms with van der Waals surface area (Å²) in [7, 11) is 0. The number of carboxylic acids is 1. The topological polar surface area (TPSA) is 72.9 Å². The number of carbonyl (C=O) groups is 2. The lowest BCUT2D eigenvalue weighted by Crippen LogP contribution is -2.55. The normalized spacial score (nSPS) is 25.3. The molecule has 3 rings (SSSR count). The smallest absolute Gasteiger partial charge is 0.326 e. The zero-order chi connectivity index (χ0) is 14.1. The van der Waals surface area contributed by atoms with E-state index in [2.05, 4.69) is 10.2 Å². The van der Waals surface area contributed by atoms with Gasteiger partial charge in [0.05, 0.1) is 0 Å². The number of piperazine rings is 1. The third-order valence-corrected chi connectivity index (χ3v) is 4.51. The van der Waals surface area contributed by atoms with Crippen molar-refractivity contribution in [3.8, 4) is 0 Å². The Bertz CT molecular complexity index is 385. The summed E-state index contributed by atoms with van der Waals surface area (Å²) in [4.78, 5) is 27.4. The molecule has 2 saturated carbocycles. The number of nitrogens with zero attached hydrogens (tertiary/aromatic N) is 2. The first-order valence-electron chi connectivity index (χ1n) is 7.64. The van der Waals surface area contributed by atoms with E-state index in [-0.39, 0.29) is 11.9 Å². The summed E-state index contributed by atoms with van der Waals surface area (Å²) in [6, 6.07) is -0.914. The van der Waals surface area contributed by atoms with Crippen molar-refractivity contribution in [2.75, 3.05) is 32.7 Å². The lowest BCUT2D eigenvalue weighted by molar-refractivity contribution is -0.139. The van der Waals surface area contributed by atoms with Crippen LogP contribution in [0.2, 0.25) is 0 Å². The van der Waals surface area contributed by atoms with Gasteiger partial charge < -0.3 is 15.3 Å². The van der Waals surface area contributed by atoms with E-state index in [1.807, 2.05) is 0 Å². The van der Waals surface area contributed by atoms with Gasteiger partial charge in [0.1, 0.15) is 6.04 Å². The lowest BCUT2D eigenvalue weighted by atomic mass is 10.2. The standard InChI is InChI=1S/C14H23N3O3/c18-13(19)12(11-3-4-11)15-14(20)17-7-5-16(6-8-17)9-10-1-2-10/h10-12H,1-9H2,(H,15,20)(H,18,19). The van der Waals surface area contributed by atoms with Crippen molar-refractivity contribution in [3.05, 3.63) is 0 Å². The summed E-state index contributed by atoms with van der Waals surface area (Å²) < 4.78 is 0. The van der Waals surface area contributed by atoms with Crippen LogP contribution in [0.15, 0.2) is 0 Å². The van der Waals surface area contributed by atoms with E-state index in [4.69, 9.17) is 5.11 Å². The van der Waals surface area contributed by atoms with Crippen LogP contribution in [0, 0.1) is 11.8 Å². The van der Waals surface area contributed by atoms with Crippen molar-refractivity contribution in [1.29, 1.82) is 0 Å². The first-order valence-corrected chi connectivity index (χ1v) is 7.64. The van der Waals surface area contributed by atoms with Gasteiger partial charge in [-0.25, -0.2) is 9.59 Å². The molecule has 6 heteroatoms. The van der Waals surface area contributed by atoms with E-state index in [0.29, 0.717) is 13.1 Å². The summed E-state index contributed by atoms with van der Waals surface area (Å²) in [6.07, 6.45) is 4.52. The van der Waals surface area contributed by atoms with Gasteiger partial charge in [0, 0.05) is 32.7 Å². The minimum Gasteiger partial charge on any atom is -0.480 e. The van der Waals surface area contributed by atoms with Crippen molar-refractivity contribution in [2.24, 2.45) is 11.8 Å². The second kappa shape index (κ2) is 5.60. The van der Waals surface area contributed by atoms with Gasteiger partial charge in [0.25, 0.3) is 0 Å². The molecule has 0 aromatic heterocycles. The second-order valence-corrected chi connectivity index (χ2v) is 6.33. The van der Waals surface area contributed by atoms with Crippen LogP contribution >= 0.6 is 0 Å². The molecule has 3 fully saturated rings. The van der Waals surface area contributed by atoms with Crippen LogP contribution in [0.5, 0.6) is 0 Å². The maximum Gasteiger partial charge on any atom is 0.326 e. The van der Waals surface area contributed by atoms with Gasteiger partial charge in [0.15, 0.2) is 0 Å². The van der Waals surface area contributed by atoms with Gasteiger partial charge >= 0.3 is 12.0 Å². The monoisotopic (exact) mass is 281 g/mol. The third-order valence-electron chi connectivity index (χ3n) is 4.51. The summed E-state index contributed by atoms with van der Waals surface area (Å²) in [5.41, 5.74) is 0. The predicted octanol–water partition coefficient (Wildman–Crippen LogP) is 0.587. The van der Waals surface area contributed by atoms with Gasteiger partial charge in [-0.05, 0) is 37.5 Å². The van der Waals surface area contributed by atoms with Gasteiger partial charge in [-0.2, -0.15) is 0 Å². The van der Waals surface area contributed by atoms with Crippen LogP contribution in [-0.2, 0) is 4.79 Å². The largest absolute Gasteiger partial charge is 0.480 e. The molecule has 3 aliphatic rings. The molecule has 0 aromatic carbocycles. The Kier molecular flexibility index (Phi) is 3.83. The van der Waals surface area contributed by atoms with Gasteiger partial charge in [0.2, 0.25) is 0 Å². The number of hydrogen-bond donors (Lipinski definition) is 2. The Balaban J connectivity index is 1.44. The summed E-state index contributed by atoms with van der Waals surface area (Å²) in [6.45, 7) is 4.39. The zero-order valence-electron chi connectivity index (χ0n) is 11.8. The van der Waals surface area contributed by atoms with E-state index < -0.39 is 12.0 Å². The molecule has 1 heterocycles. The Morgan fingerprint density at radius 1 is 1.10 bits per heavy atom. The van der Waals surface area contributed by atoms with Crippen LogP contribution in [0.3, 0.4) is 0 Å². The predicted molar refractivity (Wildman–Crippen MR) is 73.4 cm³/mol. The molecule has 1 atom stereocenters. The molecular formula is C14H23N3O3. The average Bonchev–Trinajstić information content (AvgIpc) is 3.30. The molecule has 0 bridgehead atoms. The molecule has 20 heavy (non-hydrogen) atoms. The van der Waals surface area contributed by atoms with Crippen molar-refractivity contribution in [3.63, 3.8) is 0 Å². The summed E-state index contributed by atoms with van der Waals surface area (Å²) in [5.74, 6) is 0.0995. The summed E-state index contributed by atoms with van der Waals surface area (Å²) in [5, 5.41) is 11.8. The number of rotatable bonds is 5. The van der Waals surface area contributed by atoms with Crippen molar-refractivity contribution in [1.82, 2.24) is 15.1 Å². The zero-order valence-corrected chi connectivity index (χ0v) is 11.8. The quantitative estimate of drug-likeness (QED) is 0.773. The van der Waals surface area contributed by atoms with Crippen LogP contribution in [0.25, 0.3) is 0 Å². The highest BCUT2D eigenvalue weighted by atomic mass is 16.4. The molecular weight excluding hydrogens is 258 g/mol. The Morgan fingerprint density at radius 3 is 2.25 bits per heavy atom. The van der Waals surface area contributed by atoms with Crippen molar-refractivity contribution >= 4 is 12.0 Å². The highest BCUT2D eigenvalue weighted by Crippen LogP contribution is 2.33. The minimum atomic E-state index is -0.909. The maximum atomic E-state index is 12.1. The van der Waals surface area contributed by atoms with E-state index in [9.17, 15) is 9.59 Å². The fraction of sp³-hybridized carbons (Fsp3) is 0.857. The average molecular weight is 281 g/mol. The number of hydrogen-bond acceptors (Lipinski definition) is 3. The molecule has 1 unspecified atom stereocenters. The number of carbonyl (C=O) groups excluding carboxylic acids is 1. The molecule has 6 nitrogen and oxygen atoms in total. The highest BCUT2D eigenvalue weighted by Gasteiger charge is 2.38. The fourth-order valence-electron chi connectivity index (χ4n) is 2.83. The maximum absolute atomic E-state index is 12.1. The van der Waals surface area contributed by atoms with Gasteiger partial charge in [-0.3, -0.25) is 4.90 Å².